The maximum atomic E-state index is 12.9. The highest BCUT2D eigenvalue weighted by Crippen LogP contribution is 2.39. The van der Waals surface area contributed by atoms with Crippen LogP contribution in [0.15, 0.2) is 42.5 Å². The molecule has 0 bridgehead atoms. The van der Waals surface area contributed by atoms with Crippen molar-refractivity contribution in [2.45, 2.75) is 32.2 Å². The number of aromatic nitrogens is 1. The molecule has 2 N–H and O–H groups in total. The second-order valence-electron chi connectivity index (χ2n) is 7.66. The molecule has 2 aromatic carbocycles. The molecule has 3 aromatic rings. The molecular weight excluding hydrogens is 416 g/mol. The number of hydrogen-bond donors (Lipinski definition) is 2. The van der Waals surface area contributed by atoms with Gasteiger partial charge in [-0.3, -0.25) is 4.90 Å². The molecule has 1 unspecified atom stereocenters. The largest absolute Gasteiger partial charge is 0.494 e. The molecule has 1 amide bonds. The average Bonchev–Trinajstić information content (AvgIpc) is 3.15. The molecule has 1 aliphatic rings. The monoisotopic (exact) mass is 442 g/mol. The highest BCUT2D eigenvalue weighted by atomic mass is 35.5. The van der Waals surface area contributed by atoms with E-state index in [0.717, 1.165) is 40.8 Å². The lowest BCUT2D eigenvalue weighted by molar-refractivity contribution is 0.0889. The van der Waals surface area contributed by atoms with Gasteiger partial charge in [-0.2, -0.15) is 0 Å². The molecule has 0 radical (unpaired) electrons. The molecule has 2 heterocycles. The van der Waals surface area contributed by atoms with Crippen LogP contribution >= 0.6 is 11.6 Å². The summed E-state index contributed by atoms with van der Waals surface area (Å²) in [5, 5.41) is 10.7. The summed E-state index contributed by atoms with van der Waals surface area (Å²) >= 11 is 6.25. The van der Waals surface area contributed by atoms with Crippen LogP contribution < -0.4 is 4.74 Å². The molecular formula is C24H27ClN2O4. The maximum absolute atomic E-state index is 12.9. The quantitative estimate of drug-likeness (QED) is 0.500. The number of aliphatic hydroxyl groups excluding tert-OH is 1. The molecule has 7 heteroatoms. The lowest BCUT2D eigenvalue weighted by Crippen LogP contribution is -2.41. The van der Waals surface area contributed by atoms with Gasteiger partial charge in [0.2, 0.25) is 0 Å². The Kier molecular flexibility index (Phi) is 6.68. The predicted molar refractivity (Wildman–Crippen MR) is 121 cm³/mol. The first-order chi connectivity index (χ1) is 15.1. The molecule has 1 atom stereocenters. The molecule has 0 aliphatic carbocycles. The van der Waals surface area contributed by atoms with E-state index in [-0.39, 0.29) is 18.7 Å². The molecule has 0 saturated heterocycles. The number of nitrogens with one attached hydrogen (secondary N) is 1. The summed E-state index contributed by atoms with van der Waals surface area (Å²) in [6.07, 6.45) is 1.79. The summed E-state index contributed by atoms with van der Waals surface area (Å²) in [6, 6.07) is 13.3. The van der Waals surface area contributed by atoms with Crippen LogP contribution in [0.1, 0.15) is 42.6 Å². The number of nitrogens with zero attached hydrogens (tertiary/aromatic N) is 1. The number of aliphatic hydroxyl groups is 1. The molecule has 31 heavy (non-hydrogen) atoms. The van der Waals surface area contributed by atoms with Crippen LogP contribution in [0, 0.1) is 0 Å². The van der Waals surface area contributed by atoms with E-state index in [1.807, 2.05) is 49.4 Å². The standard InChI is InChI=1S/C24H27ClN2O4/c1-2-13-31-24(29)27-11-10-19-20-15-17(25)6-9-21(20)26-22(19)23(27)16-4-7-18(8-5-16)30-14-3-12-28/h4-9,15,23,26,28H,2-3,10-14H2,1H3. The Hall–Kier alpha value is -2.70. The molecule has 0 spiro atoms. The number of fused-ring (bicyclic) bond motifs is 3. The van der Waals surface area contributed by atoms with E-state index in [1.165, 1.54) is 5.56 Å². The van der Waals surface area contributed by atoms with Gasteiger partial charge in [-0.05, 0) is 54.3 Å². The van der Waals surface area contributed by atoms with Crippen LogP contribution in [-0.4, -0.2) is 47.4 Å². The summed E-state index contributed by atoms with van der Waals surface area (Å²) in [5.41, 5.74) is 4.16. The van der Waals surface area contributed by atoms with Gasteiger partial charge < -0.3 is 19.6 Å². The van der Waals surface area contributed by atoms with Crippen LogP contribution in [-0.2, 0) is 11.2 Å². The van der Waals surface area contributed by atoms with Gasteiger partial charge in [0.05, 0.1) is 13.2 Å². The first-order valence-electron chi connectivity index (χ1n) is 10.7. The van der Waals surface area contributed by atoms with Crippen molar-refractivity contribution in [3.63, 3.8) is 0 Å². The van der Waals surface area contributed by atoms with E-state index in [1.54, 1.807) is 4.90 Å². The van der Waals surface area contributed by atoms with E-state index in [0.29, 0.717) is 31.2 Å². The van der Waals surface area contributed by atoms with Gasteiger partial charge in [0.1, 0.15) is 11.8 Å². The third-order valence-corrected chi connectivity index (χ3v) is 5.76. The Morgan fingerprint density at radius 2 is 2.03 bits per heavy atom. The van der Waals surface area contributed by atoms with Crippen LogP contribution in [0.3, 0.4) is 0 Å². The van der Waals surface area contributed by atoms with Crippen LogP contribution in [0.4, 0.5) is 4.79 Å². The summed E-state index contributed by atoms with van der Waals surface area (Å²) in [5.74, 6) is 0.733. The van der Waals surface area contributed by atoms with Crippen molar-refractivity contribution >= 4 is 28.6 Å². The van der Waals surface area contributed by atoms with Gasteiger partial charge in [-0.25, -0.2) is 4.79 Å². The fourth-order valence-corrected chi connectivity index (χ4v) is 4.25. The molecule has 1 aromatic heterocycles. The van der Waals surface area contributed by atoms with Crippen molar-refractivity contribution in [2.75, 3.05) is 26.4 Å². The molecule has 164 valence electrons. The van der Waals surface area contributed by atoms with Crippen molar-refractivity contribution in [1.29, 1.82) is 0 Å². The van der Waals surface area contributed by atoms with Crippen LogP contribution in [0.5, 0.6) is 5.75 Å². The van der Waals surface area contributed by atoms with Gasteiger partial charge in [0, 0.05) is 41.2 Å². The van der Waals surface area contributed by atoms with Crippen molar-refractivity contribution in [3.8, 4) is 5.75 Å². The fraction of sp³-hybridized carbons (Fsp3) is 0.375. The van der Waals surface area contributed by atoms with Crippen molar-refractivity contribution in [3.05, 3.63) is 64.3 Å². The highest BCUT2D eigenvalue weighted by Gasteiger charge is 2.35. The van der Waals surface area contributed by atoms with Gasteiger partial charge in [-0.15, -0.1) is 0 Å². The lowest BCUT2D eigenvalue weighted by atomic mass is 9.92. The number of ether oxygens (including phenoxy) is 2. The molecule has 1 aliphatic heterocycles. The number of carbonyl (C=O) groups excluding carboxylic acids is 1. The summed E-state index contributed by atoms with van der Waals surface area (Å²) in [7, 11) is 0. The van der Waals surface area contributed by atoms with Gasteiger partial charge in [0.15, 0.2) is 0 Å². The Bertz CT molecular complexity index is 1050. The smallest absolute Gasteiger partial charge is 0.410 e. The zero-order chi connectivity index (χ0) is 21.8. The second kappa shape index (κ2) is 9.62. The van der Waals surface area contributed by atoms with E-state index in [2.05, 4.69) is 4.98 Å². The summed E-state index contributed by atoms with van der Waals surface area (Å²) < 4.78 is 11.1. The Labute approximate surface area is 186 Å². The van der Waals surface area contributed by atoms with Gasteiger partial charge >= 0.3 is 6.09 Å². The van der Waals surface area contributed by atoms with Crippen molar-refractivity contribution in [1.82, 2.24) is 9.88 Å². The predicted octanol–water partition coefficient (Wildman–Crippen LogP) is 5.08. The fourth-order valence-electron chi connectivity index (χ4n) is 4.08. The average molecular weight is 443 g/mol. The first-order valence-corrected chi connectivity index (χ1v) is 11.1. The number of benzene rings is 2. The van der Waals surface area contributed by atoms with E-state index < -0.39 is 0 Å². The van der Waals surface area contributed by atoms with Crippen LogP contribution in [0.2, 0.25) is 5.02 Å². The molecule has 4 rings (SSSR count). The summed E-state index contributed by atoms with van der Waals surface area (Å²) in [4.78, 5) is 18.2. The number of carbonyl (C=O) groups is 1. The highest BCUT2D eigenvalue weighted by molar-refractivity contribution is 6.31. The second-order valence-corrected chi connectivity index (χ2v) is 8.10. The normalized spacial score (nSPS) is 15.7. The molecule has 6 nitrogen and oxygen atoms in total. The van der Waals surface area contributed by atoms with Crippen molar-refractivity contribution in [2.24, 2.45) is 0 Å². The SMILES string of the molecule is CCCOC(=O)N1CCc2c([nH]c3ccc(Cl)cc23)C1c1ccc(OCCCO)cc1. The number of rotatable bonds is 7. The number of H-pyrrole nitrogens is 1. The van der Waals surface area contributed by atoms with E-state index in [9.17, 15) is 4.79 Å². The first kappa shape index (κ1) is 21.5. The zero-order valence-corrected chi connectivity index (χ0v) is 18.3. The number of amides is 1. The maximum Gasteiger partial charge on any atom is 0.410 e. The number of aromatic amines is 1. The Balaban J connectivity index is 1.71. The third kappa shape index (κ3) is 4.50. The van der Waals surface area contributed by atoms with Crippen molar-refractivity contribution < 1.29 is 19.4 Å². The molecule has 0 saturated carbocycles. The topological polar surface area (TPSA) is 74.8 Å². The van der Waals surface area contributed by atoms with E-state index >= 15 is 0 Å². The number of halogens is 1. The zero-order valence-electron chi connectivity index (χ0n) is 17.6. The third-order valence-electron chi connectivity index (χ3n) is 5.52. The Morgan fingerprint density at radius 3 is 2.77 bits per heavy atom. The minimum Gasteiger partial charge on any atom is -0.494 e. The van der Waals surface area contributed by atoms with Gasteiger partial charge in [0.25, 0.3) is 0 Å². The number of hydrogen-bond acceptors (Lipinski definition) is 4. The minimum absolute atomic E-state index is 0.0994. The lowest BCUT2D eigenvalue weighted by Gasteiger charge is -2.35. The summed E-state index contributed by atoms with van der Waals surface area (Å²) in [6.45, 7) is 3.50. The molecule has 0 fully saturated rings. The van der Waals surface area contributed by atoms with E-state index in [4.69, 9.17) is 26.2 Å². The van der Waals surface area contributed by atoms with Crippen LogP contribution in [0.25, 0.3) is 10.9 Å². The minimum atomic E-state index is -0.308. The van der Waals surface area contributed by atoms with Gasteiger partial charge in [-0.1, -0.05) is 30.7 Å². The Morgan fingerprint density at radius 1 is 1.23 bits per heavy atom.